The molecule has 2 aromatic carbocycles. The number of aromatic nitrogens is 2. The number of hydrogen-bond acceptors (Lipinski definition) is 3. The lowest BCUT2D eigenvalue weighted by atomic mass is 10.2. The average molecular weight is 356 g/mol. The smallest absolute Gasteiger partial charge is 0.261 e. The number of fused-ring (bicyclic) bond motifs is 1. The summed E-state index contributed by atoms with van der Waals surface area (Å²) in [5.41, 5.74) is 2.14. The number of carbonyl (C=O) groups is 1. The third kappa shape index (κ3) is 3.42. The zero-order valence-electron chi connectivity index (χ0n) is 14.1. The van der Waals surface area contributed by atoms with Crippen molar-refractivity contribution in [2.45, 2.75) is 20.4 Å². The van der Waals surface area contributed by atoms with Gasteiger partial charge in [0.15, 0.2) is 0 Å². The van der Waals surface area contributed by atoms with Crippen LogP contribution in [0, 0.1) is 6.92 Å². The fourth-order valence-corrected chi connectivity index (χ4v) is 2.99. The Hall–Kier alpha value is -2.66. The molecule has 3 aromatic rings. The molecule has 0 radical (unpaired) electrons. The minimum Gasteiger partial charge on any atom is -0.311 e. The summed E-state index contributed by atoms with van der Waals surface area (Å²) >= 11 is 5.97. The number of rotatable bonds is 4. The molecule has 0 saturated carbocycles. The Bertz CT molecular complexity index is 997. The molecule has 0 atom stereocenters. The standard InChI is InChI=1S/C19H18ClN3O2/c1-3-23(17-7-5-4-6-13(17)2)18(24)11-22-12-21-16-9-8-14(20)10-15(16)19(22)25/h4-10,12H,3,11H2,1-2H3. The van der Waals surface area contributed by atoms with Crippen LogP contribution in [-0.2, 0) is 11.3 Å². The summed E-state index contributed by atoms with van der Waals surface area (Å²) in [5, 5.41) is 0.868. The van der Waals surface area contributed by atoms with E-state index in [4.69, 9.17) is 11.6 Å². The highest BCUT2D eigenvalue weighted by atomic mass is 35.5. The summed E-state index contributed by atoms with van der Waals surface area (Å²) in [7, 11) is 0. The van der Waals surface area contributed by atoms with Crippen LogP contribution in [0.2, 0.25) is 5.02 Å². The van der Waals surface area contributed by atoms with E-state index in [2.05, 4.69) is 4.98 Å². The van der Waals surface area contributed by atoms with Crippen LogP contribution in [0.3, 0.4) is 0 Å². The molecule has 3 rings (SSSR count). The van der Waals surface area contributed by atoms with Crippen molar-refractivity contribution in [1.82, 2.24) is 9.55 Å². The number of hydrogen-bond donors (Lipinski definition) is 0. The van der Waals surface area contributed by atoms with Gasteiger partial charge in [-0.15, -0.1) is 0 Å². The molecule has 128 valence electrons. The predicted octanol–water partition coefficient (Wildman–Crippen LogP) is 3.41. The van der Waals surface area contributed by atoms with Gasteiger partial charge < -0.3 is 4.90 Å². The quantitative estimate of drug-likeness (QED) is 0.720. The van der Waals surface area contributed by atoms with Gasteiger partial charge >= 0.3 is 0 Å². The molecule has 0 fully saturated rings. The van der Waals surface area contributed by atoms with Gasteiger partial charge in [0.25, 0.3) is 5.56 Å². The molecule has 1 aromatic heterocycles. The molecule has 0 bridgehead atoms. The Labute approximate surface area is 150 Å². The minimum absolute atomic E-state index is 0.0730. The van der Waals surface area contributed by atoms with Crippen LogP contribution >= 0.6 is 11.6 Å². The van der Waals surface area contributed by atoms with Gasteiger partial charge in [-0.05, 0) is 43.7 Å². The second kappa shape index (κ2) is 7.07. The molecule has 1 heterocycles. The Kier molecular flexibility index (Phi) is 4.86. The summed E-state index contributed by atoms with van der Waals surface area (Å²) < 4.78 is 1.32. The molecular formula is C19H18ClN3O2. The second-order valence-electron chi connectivity index (χ2n) is 5.76. The normalized spacial score (nSPS) is 10.8. The van der Waals surface area contributed by atoms with E-state index in [-0.39, 0.29) is 18.0 Å². The first-order valence-electron chi connectivity index (χ1n) is 8.02. The third-order valence-corrected chi connectivity index (χ3v) is 4.35. The van der Waals surface area contributed by atoms with E-state index >= 15 is 0 Å². The van der Waals surface area contributed by atoms with Gasteiger partial charge in [0.2, 0.25) is 5.91 Å². The maximum atomic E-state index is 12.8. The minimum atomic E-state index is -0.276. The number of amides is 1. The molecule has 6 heteroatoms. The summed E-state index contributed by atoms with van der Waals surface area (Å²) in [6.07, 6.45) is 1.40. The van der Waals surface area contributed by atoms with Crippen molar-refractivity contribution in [3.8, 4) is 0 Å². The van der Waals surface area contributed by atoms with Crippen molar-refractivity contribution in [2.24, 2.45) is 0 Å². The van der Waals surface area contributed by atoms with E-state index in [1.54, 1.807) is 23.1 Å². The molecule has 0 spiro atoms. The second-order valence-corrected chi connectivity index (χ2v) is 6.20. The van der Waals surface area contributed by atoms with E-state index in [9.17, 15) is 9.59 Å². The molecule has 0 N–H and O–H groups in total. The Morgan fingerprint density at radius 1 is 1.24 bits per heavy atom. The molecule has 0 aliphatic rings. The van der Waals surface area contributed by atoms with Gasteiger partial charge in [-0.2, -0.15) is 0 Å². The van der Waals surface area contributed by atoms with Crippen LogP contribution in [0.25, 0.3) is 10.9 Å². The van der Waals surface area contributed by atoms with Crippen LogP contribution in [0.5, 0.6) is 0 Å². The van der Waals surface area contributed by atoms with Crippen LogP contribution < -0.4 is 10.5 Å². The van der Waals surface area contributed by atoms with Gasteiger partial charge in [-0.1, -0.05) is 29.8 Å². The van der Waals surface area contributed by atoms with Gasteiger partial charge in [0.05, 0.1) is 17.2 Å². The van der Waals surface area contributed by atoms with Crippen LogP contribution in [0.15, 0.2) is 53.6 Å². The first kappa shape index (κ1) is 17.2. The van der Waals surface area contributed by atoms with E-state index in [1.165, 1.54) is 10.9 Å². The lowest BCUT2D eigenvalue weighted by Crippen LogP contribution is -2.37. The van der Waals surface area contributed by atoms with E-state index in [1.807, 2.05) is 38.1 Å². The van der Waals surface area contributed by atoms with Crippen molar-refractivity contribution in [3.63, 3.8) is 0 Å². The molecule has 5 nitrogen and oxygen atoms in total. The number of halogens is 1. The number of para-hydroxylation sites is 1. The lowest BCUT2D eigenvalue weighted by Gasteiger charge is -2.23. The maximum Gasteiger partial charge on any atom is 0.261 e. The van der Waals surface area contributed by atoms with E-state index in [0.29, 0.717) is 22.5 Å². The van der Waals surface area contributed by atoms with Crippen molar-refractivity contribution in [2.75, 3.05) is 11.4 Å². The highest BCUT2D eigenvalue weighted by molar-refractivity contribution is 6.31. The predicted molar refractivity (Wildman–Crippen MR) is 100 cm³/mol. The third-order valence-electron chi connectivity index (χ3n) is 4.12. The van der Waals surface area contributed by atoms with Gasteiger partial charge in [-0.25, -0.2) is 4.98 Å². The molecule has 0 aliphatic carbocycles. The van der Waals surface area contributed by atoms with Crippen molar-refractivity contribution in [3.05, 3.63) is 69.7 Å². The van der Waals surface area contributed by atoms with Crippen LogP contribution in [0.1, 0.15) is 12.5 Å². The van der Waals surface area contributed by atoms with Crippen LogP contribution in [-0.4, -0.2) is 22.0 Å². The summed E-state index contributed by atoms with van der Waals surface area (Å²) in [4.78, 5) is 31.3. The molecule has 1 amide bonds. The Morgan fingerprint density at radius 3 is 2.72 bits per heavy atom. The lowest BCUT2D eigenvalue weighted by molar-refractivity contribution is -0.119. The summed E-state index contributed by atoms with van der Waals surface area (Å²) in [5.74, 6) is -0.165. The molecule has 0 saturated heterocycles. The number of anilines is 1. The number of nitrogens with zero attached hydrogens (tertiary/aromatic N) is 3. The first-order chi connectivity index (χ1) is 12.0. The average Bonchev–Trinajstić information content (AvgIpc) is 2.60. The zero-order chi connectivity index (χ0) is 18.0. The summed E-state index contributed by atoms with van der Waals surface area (Å²) in [6.45, 7) is 4.31. The van der Waals surface area contributed by atoms with E-state index < -0.39 is 0 Å². The fourth-order valence-electron chi connectivity index (χ4n) is 2.82. The molecule has 0 unspecified atom stereocenters. The maximum absolute atomic E-state index is 12.8. The summed E-state index contributed by atoms with van der Waals surface area (Å²) in [6, 6.07) is 12.6. The van der Waals surface area contributed by atoms with Gasteiger partial charge in [0, 0.05) is 17.3 Å². The highest BCUT2D eigenvalue weighted by Gasteiger charge is 2.17. The van der Waals surface area contributed by atoms with E-state index in [0.717, 1.165) is 11.3 Å². The Balaban J connectivity index is 1.95. The SMILES string of the molecule is CCN(C(=O)Cn1cnc2ccc(Cl)cc2c1=O)c1ccccc1C. The zero-order valence-corrected chi connectivity index (χ0v) is 14.8. The number of benzene rings is 2. The first-order valence-corrected chi connectivity index (χ1v) is 8.39. The topological polar surface area (TPSA) is 55.2 Å². The molecule has 25 heavy (non-hydrogen) atoms. The number of likely N-dealkylation sites (N-methyl/N-ethyl adjacent to an activating group) is 1. The van der Waals surface area contributed by atoms with Crippen LogP contribution in [0.4, 0.5) is 5.69 Å². The number of carbonyl (C=O) groups excluding carboxylic acids is 1. The number of aryl methyl sites for hydroxylation is 1. The van der Waals surface area contributed by atoms with Crippen molar-refractivity contribution >= 4 is 34.1 Å². The highest BCUT2D eigenvalue weighted by Crippen LogP contribution is 2.19. The molecular weight excluding hydrogens is 338 g/mol. The van der Waals surface area contributed by atoms with Gasteiger partial charge in [-0.3, -0.25) is 14.2 Å². The van der Waals surface area contributed by atoms with Gasteiger partial charge in [0.1, 0.15) is 6.54 Å². The van der Waals surface area contributed by atoms with Crippen molar-refractivity contribution < 1.29 is 4.79 Å². The largest absolute Gasteiger partial charge is 0.311 e. The Morgan fingerprint density at radius 2 is 2.00 bits per heavy atom. The van der Waals surface area contributed by atoms with Crippen molar-refractivity contribution in [1.29, 1.82) is 0 Å². The monoisotopic (exact) mass is 355 g/mol. The fraction of sp³-hybridized carbons (Fsp3) is 0.211. The molecule has 0 aliphatic heterocycles.